The molecule has 2 atom stereocenters. The summed E-state index contributed by atoms with van der Waals surface area (Å²) in [5.41, 5.74) is 4.25. The Hall–Kier alpha value is -4.21. The highest BCUT2D eigenvalue weighted by atomic mass is 35.5. The molecule has 10 heteroatoms. The van der Waals surface area contributed by atoms with Gasteiger partial charge in [0.05, 0.1) is 6.42 Å². The second-order valence-electron chi connectivity index (χ2n) is 13.9. The summed E-state index contributed by atoms with van der Waals surface area (Å²) >= 11 is 6.39. The number of amides is 3. The highest BCUT2D eigenvalue weighted by molar-refractivity contribution is 6.30. The molecule has 0 saturated carbocycles. The van der Waals surface area contributed by atoms with Gasteiger partial charge in [-0.05, 0) is 98.6 Å². The third-order valence-electron chi connectivity index (χ3n) is 9.95. The molecule has 0 aliphatic carbocycles. The summed E-state index contributed by atoms with van der Waals surface area (Å²) in [6.45, 7) is 2.56. The number of hydrogen-bond donors (Lipinski definition) is 2. The summed E-state index contributed by atoms with van der Waals surface area (Å²) in [6.07, 6.45) is 5.70. The SMILES string of the molecule is CN(C)C[C@H]1Cc2cc(Cl)ccc2N(C(=O)[C@@H](Cc2c[nH]c3ccccc23)NC(=O)CCC2CCN(C(=O)Cc3ccccc3F)CC2)C1. The minimum atomic E-state index is -0.758. The third kappa shape index (κ3) is 8.51. The molecule has 2 N–H and O–H groups in total. The molecule has 0 bridgehead atoms. The van der Waals surface area contributed by atoms with Crippen molar-refractivity contribution in [1.82, 2.24) is 20.1 Å². The first-order valence-electron chi connectivity index (χ1n) is 17.2. The molecule has 3 aromatic carbocycles. The number of halogens is 2. The Morgan fingerprint density at radius 2 is 1.76 bits per heavy atom. The Balaban J connectivity index is 1.12. The largest absolute Gasteiger partial charge is 0.361 e. The van der Waals surface area contributed by atoms with Gasteiger partial charge in [-0.25, -0.2) is 4.39 Å². The smallest absolute Gasteiger partial charge is 0.249 e. The van der Waals surface area contributed by atoms with E-state index in [2.05, 4.69) is 15.2 Å². The Labute approximate surface area is 292 Å². The lowest BCUT2D eigenvalue weighted by Gasteiger charge is -2.37. The van der Waals surface area contributed by atoms with Crippen LogP contribution in [0.3, 0.4) is 0 Å². The van der Waals surface area contributed by atoms with E-state index in [0.717, 1.165) is 53.5 Å². The molecule has 2 aliphatic rings. The lowest BCUT2D eigenvalue weighted by atomic mass is 9.90. The van der Waals surface area contributed by atoms with Crippen molar-refractivity contribution < 1.29 is 18.8 Å². The summed E-state index contributed by atoms with van der Waals surface area (Å²) in [4.78, 5) is 50.0. The number of anilines is 1. The molecule has 8 nitrogen and oxygen atoms in total. The number of carbonyl (C=O) groups is 3. The summed E-state index contributed by atoms with van der Waals surface area (Å²) in [7, 11) is 4.07. The van der Waals surface area contributed by atoms with E-state index >= 15 is 0 Å². The molecule has 3 amide bonds. The maximum atomic E-state index is 14.5. The van der Waals surface area contributed by atoms with Gasteiger partial charge in [0.25, 0.3) is 0 Å². The Bertz CT molecular complexity index is 1800. The van der Waals surface area contributed by atoms with Gasteiger partial charge in [0, 0.05) is 66.8 Å². The highest BCUT2D eigenvalue weighted by Gasteiger charge is 2.34. The summed E-state index contributed by atoms with van der Waals surface area (Å²) in [6, 6.07) is 19.3. The predicted octanol–water partition coefficient (Wildman–Crippen LogP) is 6.02. The van der Waals surface area contributed by atoms with Crippen LogP contribution in [-0.4, -0.2) is 78.8 Å². The van der Waals surface area contributed by atoms with E-state index in [0.29, 0.717) is 49.5 Å². The molecular formula is C39H45ClFN5O3. The minimum absolute atomic E-state index is 0.0516. The second-order valence-corrected chi connectivity index (χ2v) is 14.3. The van der Waals surface area contributed by atoms with Gasteiger partial charge in [0.1, 0.15) is 11.9 Å². The molecule has 0 unspecified atom stereocenters. The number of para-hydroxylation sites is 1. The summed E-state index contributed by atoms with van der Waals surface area (Å²) < 4.78 is 14.1. The van der Waals surface area contributed by atoms with Gasteiger partial charge in [0.2, 0.25) is 17.7 Å². The van der Waals surface area contributed by atoms with Crippen LogP contribution in [0.25, 0.3) is 10.9 Å². The van der Waals surface area contributed by atoms with Gasteiger partial charge >= 0.3 is 0 Å². The lowest BCUT2D eigenvalue weighted by molar-refractivity contribution is -0.132. The van der Waals surface area contributed by atoms with Crippen LogP contribution in [0.1, 0.15) is 42.4 Å². The first-order chi connectivity index (χ1) is 23.6. The second kappa shape index (κ2) is 15.6. The number of fused-ring (bicyclic) bond motifs is 2. The first-order valence-corrected chi connectivity index (χ1v) is 17.6. The number of piperidine rings is 1. The van der Waals surface area contributed by atoms with Crippen molar-refractivity contribution in [2.75, 3.05) is 45.2 Å². The Morgan fingerprint density at radius 1 is 1.00 bits per heavy atom. The average Bonchev–Trinajstić information content (AvgIpc) is 3.49. The van der Waals surface area contributed by atoms with Crippen LogP contribution in [0, 0.1) is 17.7 Å². The van der Waals surface area contributed by atoms with Crippen molar-refractivity contribution >= 4 is 45.9 Å². The molecular weight excluding hydrogens is 641 g/mol. The zero-order valence-corrected chi connectivity index (χ0v) is 29.0. The molecule has 4 aromatic rings. The Morgan fingerprint density at radius 3 is 2.53 bits per heavy atom. The standard InChI is InChI=1S/C39H45ClFN5O3/c1-44(2)24-27-19-29-20-31(40)12-13-36(29)46(25-27)39(49)35(21-30-23-42-34-10-6-4-8-32(30)34)43-37(47)14-11-26-15-17-45(18-16-26)38(48)22-28-7-3-5-9-33(28)41/h3-10,12-13,20,23,26-27,35,42H,11,14-19,21-22,24-25H2,1-2H3,(H,43,47)/t27-,35-/m1/s1. The van der Waals surface area contributed by atoms with Crippen LogP contribution in [-0.2, 0) is 33.6 Å². The number of aromatic nitrogens is 1. The number of H-pyrrole nitrogens is 1. The van der Waals surface area contributed by atoms with E-state index in [4.69, 9.17) is 11.6 Å². The number of hydrogen-bond acceptors (Lipinski definition) is 4. The number of rotatable bonds is 11. The van der Waals surface area contributed by atoms with Crippen LogP contribution in [0.5, 0.6) is 0 Å². The van der Waals surface area contributed by atoms with Gasteiger partial charge in [0.15, 0.2) is 0 Å². The lowest BCUT2D eigenvalue weighted by Crippen LogP contribution is -2.53. The van der Waals surface area contributed by atoms with Gasteiger partial charge in [-0.2, -0.15) is 0 Å². The number of likely N-dealkylation sites (tertiary alicyclic amines) is 1. The third-order valence-corrected chi connectivity index (χ3v) is 10.2. The molecule has 0 spiro atoms. The van der Waals surface area contributed by atoms with Gasteiger partial charge in [-0.3, -0.25) is 14.4 Å². The molecule has 3 heterocycles. The van der Waals surface area contributed by atoms with Crippen LogP contribution in [0.15, 0.2) is 72.9 Å². The number of aromatic amines is 1. The van der Waals surface area contributed by atoms with Crippen molar-refractivity contribution in [3.63, 3.8) is 0 Å². The van der Waals surface area contributed by atoms with Crippen LogP contribution in [0.4, 0.5) is 10.1 Å². The van der Waals surface area contributed by atoms with Gasteiger partial charge in [-0.1, -0.05) is 48.0 Å². The van der Waals surface area contributed by atoms with E-state index in [1.807, 2.05) is 67.7 Å². The predicted molar refractivity (Wildman–Crippen MR) is 192 cm³/mol. The molecule has 1 fully saturated rings. The number of carbonyl (C=O) groups excluding carboxylic acids is 3. The fraction of sp³-hybridized carbons (Fsp3) is 0.410. The topological polar surface area (TPSA) is 88.8 Å². The average molecular weight is 686 g/mol. The maximum absolute atomic E-state index is 14.5. The fourth-order valence-electron chi connectivity index (χ4n) is 7.46. The van der Waals surface area contributed by atoms with Crippen LogP contribution < -0.4 is 10.2 Å². The number of nitrogens with one attached hydrogen (secondary N) is 2. The van der Waals surface area contributed by atoms with Gasteiger partial charge in [-0.15, -0.1) is 0 Å². The quantitative estimate of drug-likeness (QED) is 0.202. The van der Waals surface area contributed by atoms with Crippen molar-refractivity contribution in [3.8, 4) is 0 Å². The molecule has 1 aromatic heterocycles. The van der Waals surface area contributed by atoms with Crippen molar-refractivity contribution in [3.05, 3.63) is 100 Å². The van der Waals surface area contributed by atoms with E-state index in [1.54, 1.807) is 23.1 Å². The number of benzene rings is 3. The molecule has 258 valence electrons. The van der Waals surface area contributed by atoms with Crippen LogP contribution >= 0.6 is 11.6 Å². The van der Waals surface area contributed by atoms with Crippen molar-refractivity contribution in [2.24, 2.45) is 11.8 Å². The first kappa shape index (κ1) is 34.6. The molecule has 0 radical (unpaired) electrons. The normalized spacial score (nSPS) is 17.3. The minimum Gasteiger partial charge on any atom is -0.361 e. The van der Waals surface area contributed by atoms with Gasteiger partial charge < -0.3 is 25.0 Å². The zero-order valence-electron chi connectivity index (χ0n) is 28.3. The molecule has 2 aliphatic heterocycles. The molecule has 1 saturated heterocycles. The monoisotopic (exact) mass is 685 g/mol. The van der Waals surface area contributed by atoms with E-state index in [9.17, 15) is 18.8 Å². The summed E-state index contributed by atoms with van der Waals surface area (Å²) in [5, 5.41) is 4.80. The zero-order chi connectivity index (χ0) is 34.5. The number of nitrogens with zero attached hydrogens (tertiary/aromatic N) is 3. The molecule has 49 heavy (non-hydrogen) atoms. The van der Waals surface area contributed by atoms with E-state index < -0.39 is 6.04 Å². The van der Waals surface area contributed by atoms with Crippen molar-refractivity contribution in [1.29, 1.82) is 0 Å². The summed E-state index contributed by atoms with van der Waals surface area (Å²) in [5.74, 6) is -0.216. The van der Waals surface area contributed by atoms with Crippen LogP contribution in [0.2, 0.25) is 5.02 Å². The van der Waals surface area contributed by atoms with Crippen molar-refractivity contribution in [2.45, 2.75) is 51.0 Å². The highest BCUT2D eigenvalue weighted by Crippen LogP contribution is 2.33. The fourth-order valence-corrected chi connectivity index (χ4v) is 7.65. The maximum Gasteiger partial charge on any atom is 0.249 e. The molecule has 6 rings (SSSR count). The van der Waals surface area contributed by atoms with E-state index in [1.165, 1.54) is 6.07 Å². The Kier molecular flexibility index (Phi) is 11.0. The van der Waals surface area contributed by atoms with E-state index in [-0.39, 0.29) is 41.8 Å².